The highest BCUT2D eigenvalue weighted by molar-refractivity contribution is 7.89. The number of benzene rings is 1. The summed E-state index contributed by atoms with van der Waals surface area (Å²) in [5, 5.41) is 2.83. The number of halogens is 3. The van der Waals surface area contributed by atoms with Crippen LogP contribution in [0.1, 0.15) is 0 Å². The molecule has 0 aromatic heterocycles. The predicted molar refractivity (Wildman–Crippen MR) is 87.9 cm³/mol. The fourth-order valence-electron chi connectivity index (χ4n) is 2.14. The molecule has 10 heteroatoms. The molecule has 1 aliphatic heterocycles. The number of amides is 1. The zero-order chi connectivity index (χ0) is 16.3. The fraction of sp³-hybridized carbons (Fsp3) is 0.462. The van der Waals surface area contributed by atoms with Gasteiger partial charge in [0.05, 0.1) is 11.6 Å². The topological polar surface area (TPSA) is 69.7 Å². The van der Waals surface area contributed by atoms with Gasteiger partial charge in [0, 0.05) is 33.2 Å². The predicted octanol–water partition coefficient (Wildman–Crippen LogP) is 0.953. The van der Waals surface area contributed by atoms with Crippen molar-refractivity contribution in [1.29, 1.82) is 0 Å². The van der Waals surface area contributed by atoms with Gasteiger partial charge in [-0.15, -0.1) is 12.4 Å². The second-order valence-electron chi connectivity index (χ2n) is 4.94. The minimum Gasteiger partial charge on any atom is -0.339 e. The second kappa shape index (κ2) is 8.25. The average molecular weight is 386 g/mol. The second-order valence-corrected chi connectivity index (χ2v) is 7.36. The number of hydrogen-bond donors (Lipinski definition) is 1. The molecular weight excluding hydrogens is 368 g/mol. The van der Waals surface area contributed by atoms with E-state index in [2.05, 4.69) is 5.32 Å². The van der Waals surface area contributed by atoms with Crippen molar-refractivity contribution in [1.82, 2.24) is 14.5 Å². The number of likely N-dealkylation sites (N-methyl/N-ethyl adjacent to an activating group) is 1. The Kier molecular flexibility index (Phi) is 7.22. The Bertz CT molecular complexity index is 666. The molecule has 0 spiro atoms. The number of nitrogens with one attached hydrogen (secondary N) is 1. The molecule has 0 radical (unpaired) electrons. The molecule has 1 saturated heterocycles. The van der Waals surface area contributed by atoms with E-state index in [1.54, 1.807) is 4.90 Å². The Morgan fingerprint density at radius 3 is 2.61 bits per heavy atom. The molecule has 0 bridgehead atoms. The number of hydrogen-bond acceptors (Lipinski definition) is 4. The van der Waals surface area contributed by atoms with E-state index in [1.165, 1.54) is 19.2 Å². The van der Waals surface area contributed by atoms with Gasteiger partial charge in [0.25, 0.3) is 0 Å². The highest BCUT2D eigenvalue weighted by Crippen LogP contribution is 2.24. The van der Waals surface area contributed by atoms with Crippen LogP contribution in [0.2, 0.25) is 5.02 Å². The first-order valence-electron chi connectivity index (χ1n) is 6.73. The minimum absolute atomic E-state index is 0. The first-order valence-corrected chi connectivity index (χ1v) is 8.54. The van der Waals surface area contributed by atoms with Crippen LogP contribution >= 0.6 is 24.0 Å². The van der Waals surface area contributed by atoms with Crippen LogP contribution in [-0.4, -0.2) is 63.3 Å². The summed E-state index contributed by atoms with van der Waals surface area (Å²) in [6.45, 7) is 2.06. The maximum absolute atomic E-state index is 13.9. The van der Waals surface area contributed by atoms with Crippen molar-refractivity contribution in [2.45, 2.75) is 4.90 Å². The highest BCUT2D eigenvalue weighted by Gasteiger charge is 2.28. The molecular formula is C13H18Cl2FN3O3S. The maximum Gasteiger partial charge on any atom is 0.246 e. The summed E-state index contributed by atoms with van der Waals surface area (Å²) in [6.07, 6.45) is 0. The number of carbonyl (C=O) groups excluding carboxylic acids is 1. The molecule has 1 fully saturated rings. The molecule has 1 N–H and O–H groups in total. The summed E-state index contributed by atoms with van der Waals surface area (Å²) in [5.41, 5.74) is 0. The first-order chi connectivity index (χ1) is 10.3. The number of nitrogens with zero attached hydrogens (tertiary/aromatic N) is 2. The molecule has 1 aromatic carbocycles. The third kappa shape index (κ3) is 4.54. The van der Waals surface area contributed by atoms with E-state index >= 15 is 0 Å². The van der Waals surface area contributed by atoms with Crippen LogP contribution < -0.4 is 5.32 Å². The van der Waals surface area contributed by atoms with E-state index in [4.69, 9.17) is 11.6 Å². The van der Waals surface area contributed by atoms with E-state index < -0.39 is 20.7 Å². The van der Waals surface area contributed by atoms with Crippen LogP contribution in [-0.2, 0) is 14.8 Å². The molecule has 1 aliphatic rings. The smallest absolute Gasteiger partial charge is 0.246 e. The molecule has 0 atom stereocenters. The number of sulfonamides is 1. The minimum atomic E-state index is -4.12. The van der Waals surface area contributed by atoms with Gasteiger partial charge in [-0.25, -0.2) is 12.8 Å². The monoisotopic (exact) mass is 385 g/mol. The Labute approximate surface area is 146 Å². The van der Waals surface area contributed by atoms with Crippen LogP contribution in [0.5, 0.6) is 0 Å². The Hall–Kier alpha value is -0.930. The van der Waals surface area contributed by atoms with Gasteiger partial charge in [0.15, 0.2) is 5.82 Å². The van der Waals surface area contributed by atoms with Crippen LogP contribution in [0.15, 0.2) is 23.1 Å². The third-order valence-corrected chi connectivity index (χ3v) is 5.54. The van der Waals surface area contributed by atoms with Crippen molar-refractivity contribution in [3.63, 3.8) is 0 Å². The molecule has 23 heavy (non-hydrogen) atoms. The SMILES string of the molecule is CN(CC(=O)N1CCNCC1)S(=O)(=O)c1cccc(Cl)c1F.Cl. The largest absolute Gasteiger partial charge is 0.339 e. The molecule has 1 heterocycles. The third-order valence-electron chi connectivity index (χ3n) is 3.43. The van der Waals surface area contributed by atoms with Crippen molar-refractivity contribution in [3.05, 3.63) is 29.0 Å². The highest BCUT2D eigenvalue weighted by atomic mass is 35.5. The van der Waals surface area contributed by atoms with E-state index in [9.17, 15) is 17.6 Å². The van der Waals surface area contributed by atoms with Crippen LogP contribution in [0.25, 0.3) is 0 Å². The average Bonchev–Trinajstić information content (AvgIpc) is 2.50. The van der Waals surface area contributed by atoms with Crippen molar-refractivity contribution in [2.75, 3.05) is 39.8 Å². The van der Waals surface area contributed by atoms with Crippen molar-refractivity contribution >= 4 is 39.9 Å². The van der Waals surface area contributed by atoms with Gasteiger partial charge >= 0.3 is 0 Å². The summed E-state index contributed by atoms with van der Waals surface area (Å²) in [6, 6.07) is 3.74. The maximum atomic E-state index is 13.9. The lowest BCUT2D eigenvalue weighted by Crippen LogP contribution is -2.49. The Balaban J connectivity index is 0.00000264. The van der Waals surface area contributed by atoms with Gasteiger partial charge in [0.2, 0.25) is 15.9 Å². The molecule has 1 amide bonds. The zero-order valence-electron chi connectivity index (χ0n) is 12.5. The Morgan fingerprint density at radius 2 is 2.00 bits per heavy atom. The van der Waals surface area contributed by atoms with E-state index in [0.29, 0.717) is 26.2 Å². The van der Waals surface area contributed by atoms with E-state index in [0.717, 1.165) is 10.4 Å². The van der Waals surface area contributed by atoms with Crippen molar-refractivity contribution < 1.29 is 17.6 Å². The van der Waals surface area contributed by atoms with Crippen molar-refractivity contribution in [2.24, 2.45) is 0 Å². The molecule has 2 rings (SSSR count). The van der Waals surface area contributed by atoms with Crippen LogP contribution in [0.4, 0.5) is 4.39 Å². The number of carbonyl (C=O) groups is 1. The molecule has 6 nitrogen and oxygen atoms in total. The number of rotatable bonds is 4. The van der Waals surface area contributed by atoms with Gasteiger partial charge in [-0.2, -0.15) is 4.31 Å². The quantitative estimate of drug-likeness (QED) is 0.837. The summed E-state index contributed by atoms with van der Waals surface area (Å²) in [5.74, 6) is -1.32. The fourth-order valence-corrected chi connectivity index (χ4v) is 3.57. The van der Waals surface area contributed by atoms with Gasteiger partial charge in [-0.3, -0.25) is 4.79 Å². The first kappa shape index (κ1) is 20.1. The summed E-state index contributed by atoms with van der Waals surface area (Å²) < 4.78 is 39.5. The van der Waals surface area contributed by atoms with Gasteiger partial charge in [-0.1, -0.05) is 17.7 Å². The Morgan fingerprint density at radius 1 is 1.39 bits per heavy atom. The zero-order valence-corrected chi connectivity index (χ0v) is 14.8. The van der Waals surface area contributed by atoms with E-state index in [1.807, 2.05) is 0 Å². The summed E-state index contributed by atoms with van der Waals surface area (Å²) >= 11 is 5.61. The standard InChI is InChI=1S/C13H17ClFN3O3S.ClH/c1-17(9-12(19)18-7-5-16-6-8-18)22(20,21)11-4-2-3-10(14)13(11)15;/h2-4,16H,5-9H2,1H3;1H. The summed E-state index contributed by atoms with van der Waals surface area (Å²) in [4.78, 5) is 13.2. The molecule has 0 unspecified atom stereocenters. The van der Waals surface area contributed by atoms with Crippen LogP contribution in [0.3, 0.4) is 0 Å². The normalized spacial score (nSPS) is 15.4. The lowest BCUT2D eigenvalue weighted by Gasteiger charge is -2.29. The summed E-state index contributed by atoms with van der Waals surface area (Å²) in [7, 11) is -2.87. The van der Waals surface area contributed by atoms with Gasteiger partial charge in [0.1, 0.15) is 4.90 Å². The van der Waals surface area contributed by atoms with E-state index in [-0.39, 0.29) is 29.9 Å². The van der Waals surface area contributed by atoms with Gasteiger partial charge < -0.3 is 10.2 Å². The van der Waals surface area contributed by atoms with Crippen molar-refractivity contribution in [3.8, 4) is 0 Å². The molecule has 130 valence electrons. The number of piperazine rings is 1. The molecule has 0 saturated carbocycles. The molecule has 1 aromatic rings. The van der Waals surface area contributed by atoms with Gasteiger partial charge in [-0.05, 0) is 12.1 Å². The lowest BCUT2D eigenvalue weighted by molar-refractivity contribution is -0.131. The lowest BCUT2D eigenvalue weighted by atomic mass is 10.3. The molecule has 0 aliphatic carbocycles. The van der Waals surface area contributed by atoms with Crippen LogP contribution in [0, 0.1) is 5.82 Å².